The Bertz CT molecular complexity index is 679. The van der Waals surface area contributed by atoms with Crippen LogP contribution in [0.15, 0.2) is 42.5 Å². The maximum atomic E-state index is 12.5. The summed E-state index contributed by atoms with van der Waals surface area (Å²) in [4.78, 5) is 0. The van der Waals surface area contributed by atoms with E-state index < -0.39 is 11.7 Å². The average Bonchev–Trinajstić information content (AvgIpc) is 3.31. The Balaban J connectivity index is 0.000000454. The van der Waals surface area contributed by atoms with Gasteiger partial charge in [0, 0.05) is 0 Å². The lowest BCUT2D eigenvalue weighted by Gasteiger charge is -2.11. The molecule has 0 N–H and O–H groups in total. The Morgan fingerprint density at radius 2 is 1.79 bits per heavy atom. The highest BCUT2D eigenvalue weighted by Gasteiger charge is 2.31. The van der Waals surface area contributed by atoms with Crippen molar-refractivity contribution in [2.75, 3.05) is 0 Å². The Morgan fingerprint density at radius 3 is 2.29 bits per heavy atom. The van der Waals surface area contributed by atoms with Crippen molar-refractivity contribution in [3.63, 3.8) is 0 Å². The van der Waals surface area contributed by atoms with Crippen LogP contribution in [0.3, 0.4) is 0 Å². The minimum Gasteiger partial charge on any atom is -0.456 e. The smallest absolute Gasteiger partial charge is 0.416 e. The molecule has 0 atom stereocenters. The number of hydrogen-bond acceptors (Lipinski definition) is 1. The highest BCUT2D eigenvalue weighted by atomic mass is 35.5. The summed E-state index contributed by atoms with van der Waals surface area (Å²) in [5.74, 6) is 1.83. The minimum absolute atomic E-state index is 0.0678. The number of benzene rings is 2. The molecule has 0 radical (unpaired) electrons. The maximum Gasteiger partial charge on any atom is 0.416 e. The van der Waals surface area contributed by atoms with Crippen LogP contribution in [-0.4, -0.2) is 0 Å². The molecule has 0 unspecified atom stereocenters. The molecular formula is C19H20ClF3O. The van der Waals surface area contributed by atoms with Crippen LogP contribution >= 0.6 is 11.6 Å². The van der Waals surface area contributed by atoms with Gasteiger partial charge in [0.15, 0.2) is 0 Å². The van der Waals surface area contributed by atoms with Gasteiger partial charge in [-0.2, -0.15) is 13.2 Å². The van der Waals surface area contributed by atoms with Gasteiger partial charge >= 0.3 is 6.18 Å². The van der Waals surface area contributed by atoms with E-state index in [1.807, 2.05) is 25.1 Å². The third-order valence-corrected chi connectivity index (χ3v) is 3.96. The average molecular weight is 357 g/mol. The first-order valence-electron chi connectivity index (χ1n) is 7.93. The van der Waals surface area contributed by atoms with Crippen LogP contribution in [0.4, 0.5) is 13.2 Å². The van der Waals surface area contributed by atoms with Crippen LogP contribution < -0.4 is 4.74 Å². The van der Waals surface area contributed by atoms with Crippen LogP contribution in [-0.2, 0) is 12.6 Å². The zero-order chi connectivity index (χ0) is 17.7. The predicted octanol–water partition coefficient (Wildman–Crippen LogP) is 7.13. The summed E-state index contributed by atoms with van der Waals surface area (Å²) < 4.78 is 43.1. The Hall–Kier alpha value is -1.68. The molecule has 0 saturated heterocycles. The molecule has 3 rings (SSSR count). The molecular weight excluding hydrogens is 337 g/mol. The summed E-state index contributed by atoms with van der Waals surface area (Å²) in [6.07, 6.45) is -0.595. The van der Waals surface area contributed by atoms with Gasteiger partial charge < -0.3 is 4.74 Å². The van der Waals surface area contributed by atoms with Gasteiger partial charge in [0.25, 0.3) is 0 Å². The summed E-state index contributed by atoms with van der Waals surface area (Å²) in [7, 11) is 0. The van der Waals surface area contributed by atoms with Gasteiger partial charge in [0.1, 0.15) is 11.5 Å². The van der Waals surface area contributed by atoms with Crippen molar-refractivity contribution in [3.8, 4) is 11.5 Å². The van der Waals surface area contributed by atoms with E-state index in [0.29, 0.717) is 5.75 Å². The minimum atomic E-state index is -4.41. The molecule has 1 aliphatic rings. The fraction of sp³-hybridized carbons (Fsp3) is 0.368. The fourth-order valence-corrected chi connectivity index (χ4v) is 2.10. The molecule has 1 fully saturated rings. The summed E-state index contributed by atoms with van der Waals surface area (Å²) >= 11 is 5.83. The molecule has 0 aromatic heterocycles. The molecule has 5 heteroatoms. The van der Waals surface area contributed by atoms with Crippen molar-refractivity contribution in [2.24, 2.45) is 5.92 Å². The Morgan fingerprint density at radius 1 is 1.12 bits per heavy atom. The molecule has 24 heavy (non-hydrogen) atoms. The molecule has 0 spiro atoms. The number of alkyl halides is 3. The van der Waals surface area contributed by atoms with Crippen LogP contribution in [0.5, 0.6) is 11.5 Å². The topological polar surface area (TPSA) is 9.23 Å². The second-order valence-corrected chi connectivity index (χ2v) is 6.34. The standard InChI is InChI=1S/C15H12ClF3O.C4H8/c1-2-10-4-3-5-12(8-10)20-14-7-6-11(9-13(14)16)15(17,18)19;1-4-2-3-4/h3-9H,2H2,1H3;4H,2-3H2,1H3. The van der Waals surface area contributed by atoms with E-state index in [0.717, 1.165) is 30.0 Å². The van der Waals surface area contributed by atoms with E-state index in [1.165, 1.54) is 18.9 Å². The third kappa shape index (κ3) is 5.75. The predicted molar refractivity (Wildman–Crippen MR) is 90.7 cm³/mol. The van der Waals surface area contributed by atoms with Crippen LogP contribution in [0.2, 0.25) is 5.02 Å². The van der Waals surface area contributed by atoms with Gasteiger partial charge in [0.2, 0.25) is 0 Å². The van der Waals surface area contributed by atoms with Crippen LogP contribution in [0.25, 0.3) is 0 Å². The van der Waals surface area contributed by atoms with Gasteiger partial charge in [-0.25, -0.2) is 0 Å². The van der Waals surface area contributed by atoms with Gasteiger partial charge in [0.05, 0.1) is 10.6 Å². The molecule has 1 nitrogen and oxygen atoms in total. The first kappa shape index (κ1) is 18.7. The first-order valence-corrected chi connectivity index (χ1v) is 8.31. The Labute approximate surface area is 145 Å². The normalized spacial score (nSPS) is 13.9. The van der Waals surface area contributed by atoms with Crippen molar-refractivity contribution in [2.45, 2.75) is 39.3 Å². The fourth-order valence-electron chi connectivity index (χ4n) is 1.88. The second-order valence-electron chi connectivity index (χ2n) is 5.93. The molecule has 0 heterocycles. The number of aryl methyl sites for hydroxylation is 1. The molecule has 0 amide bonds. The molecule has 0 bridgehead atoms. The molecule has 1 saturated carbocycles. The highest BCUT2D eigenvalue weighted by molar-refractivity contribution is 6.32. The lowest BCUT2D eigenvalue weighted by molar-refractivity contribution is -0.137. The first-order chi connectivity index (χ1) is 11.3. The van der Waals surface area contributed by atoms with Crippen molar-refractivity contribution in [3.05, 3.63) is 58.6 Å². The molecule has 2 aromatic carbocycles. The lowest BCUT2D eigenvalue weighted by atomic mass is 10.1. The number of hydrogen-bond donors (Lipinski definition) is 0. The van der Waals surface area contributed by atoms with Crippen molar-refractivity contribution in [1.29, 1.82) is 0 Å². The zero-order valence-corrected chi connectivity index (χ0v) is 14.4. The van der Waals surface area contributed by atoms with E-state index in [9.17, 15) is 13.2 Å². The Kier molecular flexibility index (Phi) is 6.16. The lowest BCUT2D eigenvalue weighted by Crippen LogP contribution is -2.04. The van der Waals surface area contributed by atoms with Crippen LogP contribution in [0.1, 0.15) is 37.8 Å². The van der Waals surface area contributed by atoms with E-state index >= 15 is 0 Å². The summed E-state index contributed by atoms with van der Waals surface area (Å²) in [6, 6.07) is 10.4. The SMILES string of the molecule is CC1CC1.CCc1cccc(Oc2ccc(C(F)(F)F)cc2Cl)c1. The largest absolute Gasteiger partial charge is 0.456 e. The number of halogens is 4. The van der Waals surface area contributed by atoms with E-state index in [-0.39, 0.29) is 10.8 Å². The van der Waals surface area contributed by atoms with E-state index in [4.69, 9.17) is 16.3 Å². The molecule has 0 aliphatic heterocycles. The quantitative estimate of drug-likeness (QED) is 0.568. The van der Waals surface area contributed by atoms with Gasteiger partial charge in [-0.1, -0.05) is 50.4 Å². The van der Waals surface area contributed by atoms with Gasteiger partial charge in [-0.05, 0) is 48.2 Å². The van der Waals surface area contributed by atoms with Gasteiger partial charge in [-0.3, -0.25) is 0 Å². The van der Waals surface area contributed by atoms with Crippen molar-refractivity contribution >= 4 is 11.6 Å². The zero-order valence-electron chi connectivity index (χ0n) is 13.7. The number of ether oxygens (including phenoxy) is 1. The van der Waals surface area contributed by atoms with Crippen molar-refractivity contribution in [1.82, 2.24) is 0 Å². The summed E-state index contributed by atoms with van der Waals surface area (Å²) in [5, 5.41) is -0.0678. The third-order valence-electron chi connectivity index (χ3n) is 3.66. The van der Waals surface area contributed by atoms with Crippen molar-refractivity contribution < 1.29 is 17.9 Å². The molecule has 2 aromatic rings. The molecule has 130 valence electrons. The highest BCUT2D eigenvalue weighted by Crippen LogP contribution is 2.36. The summed E-state index contributed by atoms with van der Waals surface area (Å²) in [5.41, 5.74) is 0.280. The summed E-state index contributed by atoms with van der Waals surface area (Å²) in [6.45, 7) is 4.28. The van der Waals surface area contributed by atoms with Crippen LogP contribution in [0, 0.1) is 5.92 Å². The maximum absolute atomic E-state index is 12.5. The van der Waals surface area contributed by atoms with Gasteiger partial charge in [-0.15, -0.1) is 0 Å². The second kappa shape index (κ2) is 7.93. The van der Waals surface area contributed by atoms with E-state index in [2.05, 4.69) is 6.92 Å². The molecule has 1 aliphatic carbocycles. The monoisotopic (exact) mass is 356 g/mol. The number of rotatable bonds is 3. The van der Waals surface area contributed by atoms with E-state index in [1.54, 1.807) is 6.07 Å².